The van der Waals surface area contributed by atoms with E-state index < -0.39 is 0 Å². The number of amides is 1. The molecule has 0 atom stereocenters. The van der Waals surface area contributed by atoms with Gasteiger partial charge in [-0.25, -0.2) is 0 Å². The fourth-order valence-electron chi connectivity index (χ4n) is 3.56. The predicted octanol–water partition coefficient (Wildman–Crippen LogP) is 4.76. The summed E-state index contributed by atoms with van der Waals surface area (Å²) in [5.41, 5.74) is 2.72. The number of fused-ring (bicyclic) bond motifs is 1. The average molecular weight is 428 g/mol. The molecule has 0 saturated heterocycles. The lowest BCUT2D eigenvalue weighted by molar-refractivity contribution is 0.0943. The Morgan fingerprint density at radius 3 is 2.23 bits per heavy atom. The summed E-state index contributed by atoms with van der Waals surface area (Å²) < 4.78 is 1.73. The van der Waals surface area contributed by atoms with E-state index >= 15 is 0 Å². The Balaban J connectivity index is 1.71. The van der Waals surface area contributed by atoms with Gasteiger partial charge in [0.2, 0.25) is 0 Å². The number of hydrogen-bond acceptors (Lipinski definition) is 3. The highest BCUT2D eigenvalue weighted by atomic mass is 32.1. The van der Waals surface area contributed by atoms with Gasteiger partial charge in [0, 0.05) is 12.1 Å². The van der Waals surface area contributed by atoms with E-state index in [4.69, 9.17) is 12.2 Å². The predicted molar refractivity (Wildman–Crippen MR) is 126 cm³/mol. The van der Waals surface area contributed by atoms with Crippen molar-refractivity contribution in [2.24, 2.45) is 0 Å². The molecule has 0 radical (unpaired) electrons. The molecule has 4 aromatic rings. The van der Waals surface area contributed by atoms with Crippen LogP contribution in [0.4, 0.5) is 0 Å². The molecule has 1 amide bonds. The normalized spacial score (nSPS) is 10.9. The third-order valence-corrected chi connectivity index (χ3v) is 5.42. The maximum absolute atomic E-state index is 13.1. The molecule has 0 bridgehead atoms. The zero-order chi connectivity index (χ0) is 21.8. The number of nitrogens with one attached hydrogen (secondary N) is 2. The summed E-state index contributed by atoms with van der Waals surface area (Å²) in [6.45, 7) is 3.98. The van der Waals surface area contributed by atoms with Gasteiger partial charge >= 0.3 is 0 Å². The van der Waals surface area contributed by atoms with Gasteiger partial charge in [0.15, 0.2) is 4.77 Å². The Bertz CT molecular complexity index is 1320. The first kappa shape index (κ1) is 20.5. The van der Waals surface area contributed by atoms with Crippen LogP contribution < -0.4 is 10.9 Å². The molecular weight excluding hydrogens is 406 g/mol. The summed E-state index contributed by atoms with van der Waals surface area (Å²) in [5, 5.41) is 3.58. The summed E-state index contributed by atoms with van der Waals surface area (Å²) in [6.07, 6.45) is 1.62. The molecule has 0 spiro atoms. The second kappa shape index (κ2) is 8.93. The van der Waals surface area contributed by atoms with Crippen LogP contribution in [0.5, 0.6) is 0 Å². The van der Waals surface area contributed by atoms with E-state index in [0.29, 0.717) is 27.8 Å². The second-order valence-corrected chi connectivity index (χ2v) is 7.51. The zero-order valence-electron chi connectivity index (χ0n) is 16.7. The highest BCUT2D eigenvalue weighted by Gasteiger charge is 2.18. The van der Waals surface area contributed by atoms with Gasteiger partial charge in [-0.1, -0.05) is 66.7 Å². The Kier molecular flexibility index (Phi) is 5.91. The van der Waals surface area contributed by atoms with Crippen molar-refractivity contribution in [2.75, 3.05) is 0 Å². The third kappa shape index (κ3) is 4.25. The SMILES string of the molecule is C=CCn1c(=S)[nH]c2cc(C(=O)NC(c3ccccc3)c3ccccc3)ccc2c1=O. The average Bonchev–Trinajstić information content (AvgIpc) is 2.81. The summed E-state index contributed by atoms with van der Waals surface area (Å²) >= 11 is 5.30. The molecule has 1 aromatic heterocycles. The van der Waals surface area contributed by atoms with Crippen molar-refractivity contribution in [3.63, 3.8) is 0 Å². The number of carbonyl (C=O) groups is 1. The molecule has 154 valence electrons. The molecule has 1 heterocycles. The van der Waals surface area contributed by atoms with E-state index in [0.717, 1.165) is 11.1 Å². The highest BCUT2D eigenvalue weighted by Crippen LogP contribution is 2.22. The summed E-state index contributed by atoms with van der Waals surface area (Å²) in [5.74, 6) is -0.241. The van der Waals surface area contributed by atoms with Crippen LogP contribution in [0.2, 0.25) is 0 Å². The molecule has 0 fully saturated rings. The Morgan fingerprint density at radius 2 is 1.65 bits per heavy atom. The first-order valence-corrected chi connectivity index (χ1v) is 10.3. The smallest absolute Gasteiger partial charge is 0.262 e. The molecule has 0 unspecified atom stereocenters. The lowest BCUT2D eigenvalue weighted by Crippen LogP contribution is -2.29. The number of carbonyl (C=O) groups excluding carboxylic acids is 1. The van der Waals surface area contributed by atoms with Crippen LogP contribution in [-0.4, -0.2) is 15.5 Å². The van der Waals surface area contributed by atoms with Crippen molar-refractivity contribution in [1.29, 1.82) is 0 Å². The fraction of sp³-hybridized carbons (Fsp3) is 0.0800. The topological polar surface area (TPSA) is 66.9 Å². The van der Waals surface area contributed by atoms with Gasteiger partial charge in [0.1, 0.15) is 0 Å². The lowest BCUT2D eigenvalue weighted by atomic mass is 9.98. The quantitative estimate of drug-likeness (QED) is 0.344. The second-order valence-electron chi connectivity index (χ2n) is 7.12. The third-order valence-electron chi connectivity index (χ3n) is 5.10. The monoisotopic (exact) mass is 427 g/mol. The van der Waals surface area contributed by atoms with Crippen molar-refractivity contribution in [3.05, 3.63) is 123 Å². The number of aromatic nitrogens is 2. The van der Waals surface area contributed by atoms with Gasteiger partial charge in [-0.05, 0) is 41.5 Å². The van der Waals surface area contributed by atoms with Crippen molar-refractivity contribution >= 4 is 29.0 Å². The number of benzene rings is 3. The molecule has 31 heavy (non-hydrogen) atoms. The number of H-pyrrole nitrogens is 1. The number of allylic oxidation sites excluding steroid dienone is 1. The fourth-order valence-corrected chi connectivity index (χ4v) is 3.82. The Labute approximate surface area is 184 Å². The van der Waals surface area contributed by atoms with E-state index in [1.54, 1.807) is 24.3 Å². The molecule has 0 aliphatic carbocycles. The Hall–Kier alpha value is -3.77. The van der Waals surface area contributed by atoms with Crippen LogP contribution in [-0.2, 0) is 6.54 Å². The van der Waals surface area contributed by atoms with E-state index in [2.05, 4.69) is 16.9 Å². The van der Waals surface area contributed by atoms with Crippen LogP contribution >= 0.6 is 12.2 Å². The van der Waals surface area contributed by atoms with E-state index in [1.807, 2.05) is 60.7 Å². The minimum absolute atomic E-state index is 0.211. The molecule has 6 heteroatoms. The van der Waals surface area contributed by atoms with Gasteiger partial charge in [-0.3, -0.25) is 14.2 Å². The van der Waals surface area contributed by atoms with Crippen LogP contribution in [0.3, 0.4) is 0 Å². The number of aromatic amines is 1. The number of hydrogen-bond donors (Lipinski definition) is 2. The Morgan fingerprint density at radius 1 is 1.03 bits per heavy atom. The van der Waals surface area contributed by atoms with E-state index in [1.165, 1.54) is 4.57 Å². The highest BCUT2D eigenvalue weighted by molar-refractivity contribution is 7.71. The minimum Gasteiger partial charge on any atom is -0.341 e. The van der Waals surface area contributed by atoms with Gasteiger partial charge in [0.05, 0.1) is 16.9 Å². The molecule has 2 N–H and O–H groups in total. The van der Waals surface area contributed by atoms with Gasteiger partial charge in [0.25, 0.3) is 11.5 Å². The first-order chi connectivity index (χ1) is 15.1. The molecule has 0 saturated carbocycles. The molecule has 0 aliphatic rings. The van der Waals surface area contributed by atoms with Crippen LogP contribution in [0.25, 0.3) is 10.9 Å². The molecular formula is C25H21N3O2S. The van der Waals surface area contributed by atoms with Gasteiger partial charge < -0.3 is 10.3 Å². The number of nitrogens with zero attached hydrogens (tertiary/aromatic N) is 1. The molecule has 5 nitrogen and oxygen atoms in total. The van der Waals surface area contributed by atoms with Crippen molar-refractivity contribution in [1.82, 2.24) is 14.9 Å². The van der Waals surface area contributed by atoms with Gasteiger partial charge in [-0.2, -0.15) is 0 Å². The van der Waals surface area contributed by atoms with E-state index in [9.17, 15) is 9.59 Å². The standard InChI is InChI=1S/C25H21N3O2S/c1-2-15-28-24(30)20-14-13-19(16-21(20)26-25(28)31)23(29)27-22(17-9-5-3-6-10-17)18-11-7-4-8-12-18/h2-14,16,22H,1,15H2,(H,26,31)(H,27,29). The summed E-state index contributed by atoms with van der Waals surface area (Å²) in [6, 6.07) is 24.3. The van der Waals surface area contributed by atoms with Gasteiger partial charge in [-0.15, -0.1) is 6.58 Å². The number of rotatable bonds is 6. The maximum atomic E-state index is 13.1. The summed E-state index contributed by atoms with van der Waals surface area (Å²) in [4.78, 5) is 28.9. The van der Waals surface area contributed by atoms with Crippen molar-refractivity contribution in [3.8, 4) is 0 Å². The van der Waals surface area contributed by atoms with Crippen LogP contribution in [0.15, 0.2) is 96.3 Å². The van der Waals surface area contributed by atoms with Crippen molar-refractivity contribution < 1.29 is 4.79 Å². The largest absolute Gasteiger partial charge is 0.341 e. The van der Waals surface area contributed by atoms with Crippen LogP contribution in [0, 0.1) is 4.77 Å². The molecule has 4 rings (SSSR count). The minimum atomic E-state index is -0.301. The zero-order valence-corrected chi connectivity index (χ0v) is 17.6. The van der Waals surface area contributed by atoms with Crippen LogP contribution in [0.1, 0.15) is 27.5 Å². The van der Waals surface area contributed by atoms with E-state index in [-0.39, 0.29) is 17.5 Å². The molecule has 0 aliphatic heterocycles. The first-order valence-electron chi connectivity index (χ1n) is 9.87. The van der Waals surface area contributed by atoms with Crippen molar-refractivity contribution in [2.45, 2.75) is 12.6 Å². The lowest BCUT2D eigenvalue weighted by Gasteiger charge is -2.20. The summed E-state index contributed by atoms with van der Waals surface area (Å²) in [7, 11) is 0. The molecule has 3 aromatic carbocycles. The maximum Gasteiger partial charge on any atom is 0.262 e.